The number of aryl methyl sites for hydroxylation is 2. The lowest BCUT2D eigenvalue weighted by Crippen LogP contribution is -2.15. The first-order chi connectivity index (χ1) is 9.56. The number of carboxylic acid groups (broad SMARTS) is 1. The van der Waals surface area contributed by atoms with Crippen molar-refractivity contribution in [2.24, 2.45) is 0 Å². The zero-order valence-corrected chi connectivity index (χ0v) is 11.4. The van der Waals surface area contributed by atoms with E-state index in [0.29, 0.717) is 5.00 Å². The zero-order chi connectivity index (χ0) is 14.3. The molecule has 1 amide bonds. The summed E-state index contributed by atoms with van der Waals surface area (Å²) in [6.07, 6.45) is 2.56. The average molecular weight is 293 g/mol. The summed E-state index contributed by atoms with van der Waals surface area (Å²) in [5.74, 6) is -1.41. The highest BCUT2D eigenvalue weighted by atomic mass is 32.1. The normalized spacial score (nSPS) is 13.2. The second-order valence-corrected chi connectivity index (χ2v) is 5.56. The van der Waals surface area contributed by atoms with Crippen molar-refractivity contribution in [3.8, 4) is 0 Å². The minimum Gasteiger partial charge on any atom is -0.478 e. The fraction of sp³-hybridized carbons (Fsp3) is 0.333. The van der Waals surface area contributed by atoms with Gasteiger partial charge in [-0.3, -0.25) is 4.79 Å². The summed E-state index contributed by atoms with van der Waals surface area (Å²) in [5.41, 5.74) is 1.03. The van der Waals surface area contributed by atoms with Crippen molar-refractivity contribution in [3.05, 3.63) is 27.7 Å². The summed E-state index contributed by atoms with van der Waals surface area (Å²) in [4.78, 5) is 28.2. The Morgan fingerprint density at radius 2 is 2.20 bits per heavy atom. The lowest BCUT2D eigenvalue weighted by atomic mass is 10.1. The van der Waals surface area contributed by atoms with Gasteiger partial charge in [-0.05, 0) is 24.8 Å². The molecule has 104 valence electrons. The number of aromatic nitrogens is 2. The molecule has 1 aliphatic carbocycles. The molecule has 0 bridgehead atoms. The topological polar surface area (TPSA) is 105 Å². The van der Waals surface area contributed by atoms with Gasteiger partial charge in [-0.15, -0.1) is 11.3 Å². The quantitative estimate of drug-likeness (QED) is 0.895. The van der Waals surface area contributed by atoms with E-state index >= 15 is 0 Å². The van der Waals surface area contributed by atoms with Crippen molar-refractivity contribution in [1.29, 1.82) is 0 Å². The van der Waals surface area contributed by atoms with Crippen molar-refractivity contribution in [2.45, 2.75) is 26.2 Å². The summed E-state index contributed by atoms with van der Waals surface area (Å²) in [7, 11) is 0. The van der Waals surface area contributed by atoms with Crippen LogP contribution < -0.4 is 5.32 Å². The first-order valence-electron chi connectivity index (χ1n) is 6.05. The average Bonchev–Trinajstić information content (AvgIpc) is 3.03. The highest BCUT2D eigenvalue weighted by molar-refractivity contribution is 7.17. The molecule has 0 aromatic carbocycles. The van der Waals surface area contributed by atoms with Crippen LogP contribution in [0.1, 0.15) is 43.7 Å². The van der Waals surface area contributed by atoms with Gasteiger partial charge < -0.3 is 14.9 Å². The molecule has 20 heavy (non-hydrogen) atoms. The molecule has 3 rings (SSSR count). The van der Waals surface area contributed by atoms with Gasteiger partial charge in [0.15, 0.2) is 0 Å². The minimum atomic E-state index is -1.02. The van der Waals surface area contributed by atoms with Crippen LogP contribution in [-0.4, -0.2) is 27.1 Å². The molecule has 2 aromatic heterocycles. The number of aromatic carboxylic acids is 1. The largest absolute Gasteiger partial charge is 0.478 e. The molecule has 8 heteroatoms. The molecule has 0 radical (unpaired) electrons. The molecule has 0 fully saturated rings. The molecule has 0 aliphatic heterocycles. The number of nitrogens with one attached hydrogen (secondary N) is 1. The van der Waals surface area contributed by atoms with Crippen LogP contribution >= 0.6 is 11.3 Å². The minimum absolute atomic E-state index is 0.104. The number of rotatable bonds is 3. The number of fused-ring (bicyclic) bond motifs is 1. The van der Waals surface area contributed by atoms with Gasteiger partial charge in [0.2, 0.25) is 5.89 Å². The van der Waals surface area contributed by atoms with Gasteiger partial charge in [0.25, 0.3) is 11.7 Å². The Hall–Kier alpha value is -2.22. The van der Waals surface area contributed by atoms with Crippen LogP contribution in [0.3, 0.4) is 0 Å². The maximum absolute atomic E-state index is 11.9. The Morgan fingerprint density at radius 1 is 1.40 bits per heavy atom. The standard InChI is InChI=1S/C12H11N3O4S/c1-5-13-9(15-19-5)10(16)14-11-8(12(17)18)6-3-2-4-7(6)20-11/h2-4H2,1H3,(H,14,16)(H,17,18). The second kappa shape index (κ2) is 4.71. The third kappa shape index (κ3) is 2.07. The van der Waals surface area contributed by atoms with E-state index in [1.165, 1.54) is 11.3 Å². The van der Waals surface area contributed by atoms with Gasteiger partial charge >= 0.3 is 5.97 Å². The van der Waals surface area contributed by atoms with E-state index < -0.39 is 11.9 Å². The molecule has 7 nitrogen and oxygen atoms in total. The summed E-state index contributed by atoms with van der Waals surface area (Å²) >= 11 is 1.31. The summed E-state index contributed by atoms with van der Waals surface area (Å²) < 4.78 is 4.73. The van der Waals surface area contributed by atoms with E-state index in [-0.39, 0.29) is 17.3 Å². The number of nitrogens with zero attached hydrogens (tertiary/aromatic N) is 2. The Morgan fingerprint density at radius 3 is 2.85 bits per heavy atom. The molecular weight excluding hydrogens is 282 g/mol. The molecule has 1 aliphatic rings. The fourth-order valence-electron chi connectivity index (χ4n) is 2.27. The van der Waals surface area contributed by atoms with E-state index in [9.17, 15) is 14.7 Å². The number of carboxylic acids is 1. The molecule has 2 N–H and O–H groups in total. The third-order valence-electron chi connectivity index (χ3n) is 3.09. The Balaban J connectivity index is 1.91. The first kappa shape index (κ1) is 12.8. The smallest absolute Gasteiger partial charge is 0.339 e. The Kier molecular flexibility index (Phi) is 3.01. The number of hydrogen-bond acceptors (Lipinski definition) is 6. The van der Waals surface area contributed by atoms with E-state index in [1.54, 1.807) is 6.92 Å². The van der Waals surface area contributed by atoms with Gasteiger partial charge in [-0.25, -0.2) is 4.79 Å². The lowest BCUT2D eigenvalue weighted by molar-refractivity contribution is 0.0697. The molecule has 0 atom stereocenters. The second-order valence-electron chi connectivity index (χ2n) is 4.46. The van der Waals surface area contributed by atoms with Crippen LogP contribution in [0.2, 0.25) is 0 Å². The molecule has 2 heterocycles. The number of carbonyl (C=O) groups excluding carboxylic acids is 1. The Bertz CT molecular complexity index is 704. The maximum atomic E-state index is 11.9. The predicted octanol–water partition coefficient (Wildman–Crippen LogP) is 1.88. The van der Waals surface area contributed by atoms with Gasteiger partial charge in [-0.1, -0.05) is 5.16 Å². The SMILES string of the molecule is Cc1nc(C(=O)Nc2sc3c(c2C(=O)O)CCC3)no1. The first-order valence-corrected chi connectivity index (χ1v) is 6.87. The number of amides is 1. The van der Waals surface area contributed by atoms with E-state index in [2.05, 4.69) is 15.5 Å². The highest BCUT2D eigenvalue weighted by Gasteiger charge is 2.28. The van der Waals surface area contributed by atoms with Crippen molar-refractivity contribution < 1.29 is 19.2 Å². The van der Waals surface area contributed by atoms with Crippen LogP contribution in [0.4, 0.5) is 5.00 Å². The van der Waals surface area contributed by atoms with Gasteiger partial charge in [-0.2, -0.15) is 4.98 Å². The number of anilines is 1. The number of carbonyl (C=O) groups is 2. The molecule has 0 spiro atoms. The van der Waals surface area contributed by atoms with Crippen molar-refractivity contribution in [2.75, 3.05) is 5.32 Å². The summed E-state index contributed by atoms with van der Waals surface area (Å²) in [6, 6.07) is 0. The molecule has 0 unspecified atom stereocenters. The van der Waals surface area contributed by atoms with Gasteiger partial charge in [0, 0.05) is 11.8 Å². The maximum Gasteiger partial charge on any atom is 0.339 e. The molecule has 0 saturated heterocycles. The monoisotopic (exact) mass is 293 g/mol. The lowest BCUT2D eigenvalue weighted by Gasteiger charge is -2.02. The molecular formula is C12H11N3O4S. The van der Waals surface area contributed by atoms with Crippen molar-refractivity contribution in [1.82, 2.24) is 10.1 Å². The van der Waals surface area contributed by atoms with E-state index in [0.717, 1.165) is 29.7 Å². The van der Waals surface area contributed by atoms with Crippen LogP contribution in [0.5, 0.6) is 0 Å². The summed E-state index contributed by atoms with van der Waals surface area (Å²) in [6.45, 7) is 1.58. The van der Waals surface area contributed by atoms with Crippen molar-refractivity contribution in [3.63, 3.8) is 0 Å². The molecule has 0 saturated carbocycles. The zero-order valence-electron chi connectivity index (χ0n) is 10.6. The van der Waals surface area contributed by atoms with Crippen molar-refractivity contribution >= 4 is 28.2 Å². The number of thiophene rings is 1. The van der Waals surface area contributed by atoms with E-state index in [4.69, 9.17) is 4.52 Å². The molecule has 2 aromatic rings. The van der Waals surface area contributed by atoms with Crippen LogP contribution in [0.15, 0.2) is 4.52 Å². The van der Waals surface area contributed by atoms with Gasteiger partial charge in [0.05, 0.1) is 5.56 Å². The Labute approximate surface area is 117 Å². The van der Waals surface area contributed by atoms with E-state index in [1.807, 2.05) is 0 Å². The summed E-state index contributed by atoms with van der Waals surface area (Å²) in [5, 5.41) is 15.7. The fourth-order valence-corrected chi connectivity index (χ4v) is 3.55. The van der Waals surface area contributed by atoms with Crippen LogP contribution in [0, 0.1) is 6.92 Å². The van der Waals surface area contributed by atoms with Crippen LogP contribution in [0.25, 0.3) is 0 Å². The highest BCUT2D eigenvalue weighted by Crippen LogP contribution is 2.39. The number of hydrogen-bond donors (Lipinski definition) is 2. The predicted molar refractivity (Wildman–Crippen MR) is 70.3 cm³/mol. The van der Waals surface area contributed by atoms with Gasteiger partial charge in [0.1, 0.15) is 5.00 Å². The third-order valence-corrected chi connectivity index (χ3v) is 4.30. The van der Waals surface area contributed by atoms with Crippen LogP contribution in [-0.2, 0) is 12.8 Å².